The van der Waals surface area contributed by atoms with Crippen LogP contribution in [0.15, 0.2) is 0 Å². The molecule has 18 heteroatoms. The molecule has 0 aromatic carbocycles. The van der Waals surface area contributed by atoms with Crippen LogP contribution in [0.3, 0.4) is 0 Å². The third-order valence-corrected chi connectivity index (χ3v) is 6.10. The molecular formula is C34H68O18. The lowest BCUT2D eigenvalue weighted by Crippen LogP contribution is -2.16. The summed E-state index contributed by atoms with van der Waals surface area (Å²) in [6.45, 7) is 15.0. The Morgan fingerprint density at radius 3 is 0.538 bits per heavy atom. The quantitative estimate of drug-likeness (QED) is 0.0837. The first-order valence-electron chi connectivity index (χ1n) is 18.1. The largest absolute Gasteiger partial charge is 0.481 e. The highest BCUT2D eigenvalue weighted by atomic mass is 16.6. The van der Waals surface area contributed by atoms with E-state index in [1.54, 1.807) is 7.11 Å². The Morgan fingerprint density at radius 1 is 0.269 bits per heavy atom. The van der Waals surface area contributed by atoms with Crippen molar-refractivity contribution in [1.82, 2.24) is 0 Å². The van der Waals surface area contributed by atoms with Crippen LogP contribution in [0, 0.1) is 0 Å². The number of aliphatic carboxylic acids is 1. The molecule has 0 bridgehead atoms. The van der Waals surface area contributed by atoms with Crippen LogP contribution in [-0.4, -0.2) is 223 Å². The molecule has 0 spiro atoms. The number of hydrogen-bond donors (Lipinski definition) is 1. The van der Waals surface area contributed by atoms with Crippen LogP contribution in [-0.2, 0) is 80.6 Å². The van der Waals surface area contributed by atoms with Gasteiger partial charge in [0, 0.05) is 7.11 Å². The standard InChI is InChI=1S/C34H68O18/c1-37-4-5-39-8-9-41-12-13-43-16-17-45-20-21-47-24-25-49-28-29-51-32-33-52-31-30-50-27-26-48-23-22-46-19-18-44-15-14-42-11-10-40-7-6-38-3-2-34(35)36/h2-33H2,1H3,(H,35,36). The molecule has 0 heterocycles. The Labute approximate surface area is 310 Å². The molecule has 18 nitrogen and oxygen atoms in total. The molecule has 0 fully saturated rings. The van der Waals surface area contributed by atoms with Gasteiger partial charge in [0.2, 0.25) is 0 Å². The van der Waals surface area contributed by atoms with Gasteiger partial charge in [-0.05, 0) is 0 Å². The van der Waals surface area contributed by atoms with Crippen molar-refractivity contribution in [3.8, 4) is 0 Å². The second kappa shape index (κ2) is 47.9. The summed E-state index contributed by atoms with van der Waals surface area (Å²) in [5.41, 5.74) is 0. The summed E-state index contributed by atoms with van der Waals surface area (Å²) in [5.74, 6) is -0.876. The van der Waals surface area contributed by atoms with E-state index in [-0.39, 0.29) is 13.0 Å². The number of carbonyl (C=O) groups is 1. The zero-order valence-electron chi connectivity index (χ0n) is 31.5. The van der Waals surface area contributed by atoms with Crippen molar-refractivity contribution in [3.05, 3.63) is 0 Å². The fourth-order valence-corrected chi connectivity index (χ4v) is 3.48. The number of rotatable bonds is 48. The lowest BCUT2D eigenvalue weighted by molar-refractivity contribution is -0.138. The molecule has 0 aromatic rings. The Hall–Kier alpha value is -1.17. The number of ether oxygens (including phenoxy) is 16. The van der Waals surface area contributed by atoms with Gasteiger partial charge in [0.15, 0.2) is 0 Å². The second-order valence-electron chi connectivity index (χ2n) is 10.3. The summed E-state index contributed by atoms with van der Waals surface area (Å²) < 4.78 is 86.1. The van der Waals surface area contributed by atoms with Crippen molar-refractivity contribution >= 4 is 5.97 Å². The van der Waals surface area contributed by atoms with Crippen molar-refractivity contribution in [2.75, 3.05) is 212 Å². The first-order valence-corrected chi connectivity index (χ1v) is 18.1. The van der Waals surface area contributed by atoms with Crippen molar-refractivity contribution in [3.63, 3.8) is 0 Å². The third kappa shape index (κ3) is 48.8. The maximum absolute atomic E-state index is 10.3. The molecule has 0 saturated heterocycles. The van der Waals surface area contributed by atoms with Crippen molar-refractivity contribution < 1.29 is 85.7 Å². The molecule has 0 radical (unpaired) electrons. The van der Waals surface area contributed by atoms with Gasteiger partial charge in [0.1, 0.15) is 0 Å². The lowest BCUT2D eigenvalue weighted by atomic mass is 10.5. The second-order valence-corrected chi connectivity index (χ2v) is 10.3. The molecule has 0 aliphatic heterocycles. The molecular weight excluding hydrogens is 696 g/mol. The SMILES string of the molecule is COCCOCCOCCOCCOCCOCCOCCOCCOCCOCCOCCOCCOCCOCCOCCOCCC(=O)O. The van der Waals surface area contributed by atoms with Gasteiger partial charge in [0.05, 0.1) is 211 Å². The summed E-state index contributed by atoms with van der Waals surface area (Å²) in [4.78, 5) is 10.3. The Morgan fingerprint density at radius 2 is 0.404 bits per heavy atom. The van der Waals surface area contributed by atoms with Crippen LogP contribution < -0.4 is 0 Å². The molecule has 0 atom stereocenters. The third-order valence-electron chi connectivity index (χ3n) is 6.10. The minimum Gasteiger partial charge on any atom is -0.481 e. The average molecular weight is 765 g/mol. The molecule has 0 amide bonds. The van der Waals surface area contributed by atoms with Crippen molar-refractivity contribution in [2.45, 2.75) is 6.42 Å². The van der Waals surface area contributed by atoms with Crippen LogP contribution in [0.25, 0.3) is 0 Å². The zero-order chi connectivity index (χ0) is 37.5. The monoisotopic (exact) mass is 764 g/mol. The van der Waals surface area contributed by atoms with E-state index in [4.69, 9.17) is 80.9 Å². The van der Waals surface area contributed by atoms with Crippen molar-refractivity contribution in [1.29, 1.82) is 0 Å². The highest BCUT2D eigenvalue weighted by Crippen LogP contribution is 1.89. The molecule has 0 unspecified atom stereocenters. The summed E-state index contributed by atoms with van der Waals surface area (Å²) in [6, 6.07) is 0. The zero-order valence-corrected chi connectivity index (χ0v) is 31.5. The maximum Gasteiger partial charge on any atom is 0.305 e. The topological polar surface area (TPSA) is 185 Å². The normalized spacial score (nSPS) is 11.6. The predicted octanol–water partition coefficient (Wildman–Crippen LogP) is 0.357. The lowest BCUT2D eigenvalue weighted by Gasteiger charge is -2.09. The smallest absolute Gasteiger partial charge is 0.305 e. The van der Waals surface area contributed by atoms with E-state index < -0.39 is 5.97 Å². The first-order chi connectivity index (χ1) is 25.8. The minimum atomic E-state index is -0.876. The summed E-state index contributed by atoms with van der Waals surface area (Å²) in [7, 11) is 1.64. The van der Waals surface area contributed by atoms with Gasteiger partial charge in [-0.2, -0.15) is 0 Å². The highest BCUT2D eigenvalue weighted by molar-refractivity contribution is 5.66. The van der Waals surface area contributed by atoms with E-state index in [2.05, 4.69) is 0 Å². The molecule has 0 aliphatic rings. The van der Waals surface area contributed by atoms with Crippen LogP contribution in [0.2, 0.25) is 0 Å². The van der Waals surface area contributed by atoms with Crippen molar-refractivity contribution in [2.24, 2.45) is 0 Å². The number of methoxy groups -OCH3 is 1. The molecule has 0 rings (SSSR count). The van der Waals surface area contributed by atoms with Gasteiger partial charge in [-0.25, -0.2) is 0 Å². The molecule has 0 aromatic heterocycles. The summed E-state index contributed by atoms with van der Waals surface area (Å²) in [6.07, 6.45) is -0.00506. The van der Waals surface area contributed by atoms with E-state index in [0.717, 1.165) is 0 Å². The van der Waals surface area contributed by atoms with Crippen LogP contribution in [0.4, 0.5) is 0 Å². The molecule has 1 N–H and O–H groups in total. The van der Waals surface area contributed by atoms with Crippen LogP contribution >= 0.6 is 0 Å². The van der Waals surface area contributed by atoms with E-state index in [9.17, 15) is 4.79 Å². The van der Waals surface area contributed by atoms with Crippen LogP contribution in [0.1, 0.15) is 6.42 Å². The highest BCUT2D eigenvalue weighted by Gasteiger charge is 1.98. The average Bonchev–Trinajstić information content (AvgIpc) is 3.14. The first kappa shape index (κ1) is 50.8. The van der Waals surface area contributed by atoms with Gasteiger partial charge in [-0.3, -0.25) is 4.79 Å². The minimum absolute atomic E-state index is 0.00506. The fourth-order valence-electron chi connectivity index (χ4n) is 3.48. The number of hydrogen-bond acceptors (Lipinski definition) is 17. The van der Waals surface area contributed by atoms with E-state index >= 15 is 0 Å². The Kier molecular flexibility index (Phi) is 46.8. The van der Waals surface area contributed by atoms with Gasteiger partial charge in [-0.15, -0.1) is 0 Å². The molecule has 0 saturated carbocycles. The van der Waals surface area contributed by atoms with E-state index in [0.29, 0.717) is 198 Å². The van der Waals surface area contributed by atoms with Gasteiger partial charge in [-0.1, -0.05) is 0 Å². The predicted molar refractivity (Wildman–Crippen MR) is 186 cm³/mol. The number of carboxylic acids is 1. The van der Waals surface area contributed by atoms with E-state index in [1.807, 2.05) is 0 Å². The summed E-state index contributed by atoms with van der Waals surface area (Å²) in [5, 5.41) is 8.49. The van der Waals surface area contributed by atoms with Gasteiger partial charge >= 0.3 is 5.97 Å². The maximum atomic E-state index is 10.3. The van der Waals surface area contributed by atoms with Gasteiger partial charge < -0.3 is 80.9 Å². The Balaban J connectivity index is 3.05. The van der Waals surface area contributed by atoms with Crippen LogP contribution in [0.5, 0.6) is 0 Å². The molecule has 312 valence electrons. The van der Waals surface area contributed by atoms with E-state index in [1.165, 1.54) is 0 Å². The molecule has 52 heavy (non-hydrogen) atoms. The Bertz CT molecular complexity index is 666. The number of carboxylic acid groups (broad SMARTS) is 1. The fraction of sp³-hybridized carbons (Fsp3) is 0.971. The summed E-state index contributed by atoms with van der Waals surface area (Å²) >= 11 is 0. The molecule has 0 aliphatic carbocycles. The van der Waals surface area contributed by atoms with Gasteiger partial charge in [0.25, 0.3) is 0 Å².